The second-order valence-electron chi connectivity index (χ2n) is 4.16. The zero-order chi connectivity index (χ0) is 8.39. The van der Waals surface area contributed by atoms with Crippen molar-refractivity contribution in [2.45, 2.75) is 50.7 Å². The lowest BCUT2D eigenvalue weighted by Gasteiger charge is -2.34. The molecule has 1 aliphatic carbocycles. The third kappa shape index (κ3) is 1.64. The Morgan fingerprint density at radius 1 is 0.917 bits per heavy atom. The van der Waals surface area contributed by atoms with E-state index in [1.807, 2.05) is 0 Å². The van der Waals surface area contributed by atoms with Crippen molar-refractivity contribution in [1.82, 2.24) is 4.90 Å². The number of likely N-dealkylation sites (tertiary alicyclic amines) is 1. The summed E-state index contributed by atoms with van der Waals surface area (Å²) in [5.41, 5.74) is 0. The van der Waals surface area contributed by atoms with Gasteiger partial charge in [-0.05, 0) is 38.8 Å². The summed E-state index contributed by atoms with van der Waals surface area (Å²) >= 11 is 0. The van der Waals surface area contributed by atoms with Crippen LogP contribution < -0.4 is 0 Å². The summed E-state index contributed by atoms with van der Waals surface area (Å²) in [7, 11) is 0. The van der Waals surface area contributed by atoms with Crippen LogP contribution in [0.1, 0.15) is 38.5 Å². The summed E-state index contributed by atoms with van der Waals surface area (Å²) in [6, 6.07) is 0.501. The van der Waals surface area contributed by atoms with Crippen LogP contribution in [0.2, 0.25) is 0 Å². The third-order valence-electron chi connectivity index (χ3n) is 3.30. The highest BCUT2D eigenvalue weighted by atomic mass is 16.3. The molecule has 0 spiro atoms. The molecule has 1 heterocycles. The Morgan fingerprint density at radius 3 is 2.25 bits per heavy atom. The van der Waals surface area contributed by atoms with Crippen LogP contribution in [0.25, 0.3) is 0 Å². The SMILES string of the molecule is O[C@H]1CCCC[C@@H]1N1CCCC1. The van der Waals surface area contributed by atoms with E-state index in [2.05, 4.69) is 4.90 Å². The van der Waals surface area contributed by atoms with Gasteiger partial charge in [-0.2, -0.15) is 0 Å². The van der Waals surface area contributed by atoms with Crippen LogP contribution in [0.4, 0.5) is 0 Å². The summed E-state index contributed by atoms with van der Waals surface area (Å²) in [6.45, 7) is 2.45. The molecule has 0 unspecified atom stereocenters. The van der Waals surface area contributed by atoms with Crippen LogP contribution in [0.5, 0.6) is 0 Å². The van der Waals surface area contributed by atoms with Gasteiger partial charge in [0.2, 0.25) is 0 Å². The molecule has 70 valence electrons. The van der Waals surface area contributed by atoms with Crippen LogP contribution in [0, 0.1) is 0 Å². The fraction of sp³-hybridized carbons (Fsp3) is 1.00. The fourth-order valence-corrected chi connectivity index (χ4v) is 2.59. The Kier molecular flexibility index (Phi) is 2.66. The van der Waals surface area contributed by atoms with Crippen molar-refractivity contribution in [3.05, 3.63) is 0 Å². The van der Waals surface area contributed by atoms with Gasteiger partial charge in [-0.3, -0.25) is 4.90 Å². The van der Waals surface area contributed by atoms with Gasteiger partial charge in [0.05, 0.1) is 6.10 Å². The number of aliphatic hydroxyl groups excluding tert-OH is 1. The van der Waals surface area contributed by atoms with E-state index < -0.39 is 0 Å². The van der Waals surface area contributed by atoms with Crippen molar-refractivity contribution in [2.24, 2.45) is 0 Å². The standard InChI is InChI=1S/C10H19NO/c12-10-6-2-1-5-9(10)11-7-3-4-8-11/h9-10,12H,1-8H2/t9-,10-/m0/s1. The lowest BCUT2D eigenvalue weighted by molar-refractivity contribution is 0.0312. The molecule has 12 heavy (non-hydrogen) atoms. The molecule has 1 saturated carbocycles. The van der Waals surface area contributed by atoms with Crippen molar-refractivity contribution in [1.29, 1.82) is 0 Å². The summed E-state index contributed by atoms with van der Waals surface area (Å²) < 4.78 is 0. The number of rotatable bonds is 1. The van der Waals surface area contributed by atoms with Crippen LogP contribution in [-0.2, 0) is 0 Å². The van der Waals surface area contributed by atoms with E-state index in [1.54, 1.807) is 0 Å². The van der Waals surface area contributed by atoms with E-state index in [4.69, 9.17) is 0 Å². The van der Waals surface area contributed by atoms with Crippen LogP contribution in [-0.4, -0.2) is 35.2 Å². The molecule has 2 heteroatoms. The third-order valence-corrected chi connectivity index (χ3v) is 3.30. The second kappa shape index (κ2) is 3.75. The van der Waals surface area contributed by atoms with Crippen molar-refractivity contribution >= 4 is 0 Å². The zero-order valence-electron chi connectivity index (χ0n) is 7.71. The maximum atomic E-state index is 9.79. The van der Waals surface area contributed by atoms with Crippen LogP contribution in [0.15, 0.2) is 0 Å². The average Bonchev–Trinajstić information content (AvgIpc) is 2.57. The van der Waals surface area contributed by atoms with Gasteiger partial charge in [0.25, 0.3) is 0 Å². The Labute approximate surface area is 74.6 Å². The molecule has 1 saturated heterocycles. The van der Waals surface area contributed by atoms with Crippen molar-refractivity contribution in [2.75, 3.05) is 13.1 Å². The van der Waals surface area contributed by atoms with Gasteiger partial charge in [0.1, 0.15) is 0 Å². The van der Waals surface area contributed by atoms with Crippen LogP contribution >= 0.6 is 0 Å². The lowest BCUT2D eigenvalue weighted by atomic mass is 9.91. The predicted molar refractivity (Wildman–Crippen MR) is 49.1 cm³/mol. The first kappa shape index (κ1) is 8.52. The Morgan fingerprint density at radius 2 is 1.58 bits per heavy atom. The highest BCUT2D eigenvalue weighted by molar-refractivity contribution is 4.85. The molecule has 2 nitrogen and oxygen atoms in total. The highest BCUT2D eigenvalue weighted by Crippen LogP contribution is 2.25. The van der Waals surface area contributed by atoms with E-state index in [1.165, 1.54) is 45.2 Å². The highest BCUT2D eigenvalue weighted by Gasteiger charge is 2.29. The van der Waals surface area contributed by atoms with Gasteiger partial charge in [0.15, 0.2) is 0 Å². The molecular weight excluding hydrogens is 150 g/mol. The molecule has 2 aliphatic rings. The first-order valence-electron chi connectivity index (χ1n) is 5.30. The van der Waals surface area contributed by atoms with Crippen molar-refractivity contribution in [3.63, 3.8) is 0 Å². The number of aliphatic hydroxyl groups is 1. The molecule has 0 bridgehead atoms. The van der Waals surface area contributed by atoms with Gasteiger partial charge in [-0.15, -0.1) is 0 Å². The summed E-state index contributed by atoms with van der Waals surface area (Å²) in [6.07, 6.45) is 7.44. The Bertz CT molecular complexity index is 143. The van der Waals surface area contributed by atoms with Gasteiger partial charge in [-0.1, -0.05) is 12.8 Å². The summed E-state index contributed by atoms with van der Waals surface area (Å²) in [4.78, 5) is 2.49. The fourth-order valence-electron chi connectivity index (χ4n) is 2.59. The zero-order valence-corrected chi connectivity index (χ0v) is 7.71. The quantitative estimate of drug-likeness (QED) is 0.641. The van der Waals surface area contributed by atoms with E-state index in [0.29, 0.717) is 6.04 Å². The normalized spacial score (nSPS) is 38.8. The first-order chi connectivity index (χ1) is 5.88. The van der Waals surface area contributed by atoms with E-state index in [0.717, 1.165) is 6.42 Å². The molecular formula is C10H19NO. The van der Waals surface area contributed by atoms with E-state index >= 15 is 0 Å². The van der Waals surface area contributed by atoms with E-state index in [-0.39, 0.29) is 6.10 Å². The predicted octanol–water partition coefficient (Wildman–Crippen LogP) is 1.39. The van der Waals surface area contributed by atoms with Gasteiger partial charge < -0.3 is 5.11 Å². The molecule has 2 atom stereocenters. The topological polar surface area (TPSA) is 23.5 Å². The lowest BCUT2D eigenvalue weighted by Crippen LogP contribution is -2.43. The van der Waals surface area contributed by atoms with Gasteiger partial charge in [0, 0.05) is 6.04 Å². The second-order valence-corrected chi connectivity index (χ2v) is 4.16. The smallest absolute Gasteiger partial charge is 0.0695 e. The molecule has 0 amide bonds. The molecule has 2 fully saturated rings. The van der Waals surface area contributed by atoms with E-state index in [9.17, 15) is 5.11 Å². The maximum Gasteiger partial charge on any atom is 0.0695 e. The largest absolute Gasteiger partial charge is 0.391 e. The van der Waals surface area contributed by atoms with Crippen LogP contribution in [0.3, 0.4) is 0 Å². The molecule has 0 aromatic rings. The molecule has 1 aliphatic heterocycles. The molecule has 0 aromatic heterocycles. The van der Waals surface area contributed by atoms with Gasteiger partial charge >= 0.3 is 0 Å². The van der Waals surface area contributed by atoms with Crippen molar-refractivity contribution < 1.29 is 5.11 Å². The minimum atomic E-state index is -0.0307. The number of nitrogens with zero attached hydrogens (tertiary/aromatic N) is 1. The Hall–Kier alpha value is -0.0800. The van der Waals surface area contributed by atoms with Gasteiger partial charge in [-0.25, -0.2) is 0 Å². The molecule has 0 aromatic carbocycles. The monoisotopic (exact) mass is 169 g/mol. The average molecular weight is 169 g/mol. The number of hydrogen-bond donors (Lipinski definition) is 1. The number of hydrogen-bond acceptors (Lipinski definition) is 2. The first-order valence-corrected chi connectivity index (χ1v) is 5.30. The minimum Gasteiger partial charge on any atom is -0.391 e. The molecule has 2 rings (SSSR count). The minimum absolute atomic E-state index is 0.0307. The molecule has 1 N–H and O–H groups in total. The molecule has 0 radical (unpaired) electrons. The Balaban J connectivity index is 1.91. The summed E-state index contributed by atoms with van der Waals surface area (Å²) in [5.74, 6) is 0. The van der Waals surface area contributed by atoms with Crippen molar-refractivity contribution in [3.8, 4) is 0 Å². The summed E-state index contributed by atoms with van der Waals surface area (Å²) in [5, 5.41) is 9.79. The maximum absolute atomic E-state index is 9.79.